The molecule has 14 heavy (non-hydrogen) atoms. The molecule has 0 rings (SSSR count). The number of hydrogen-bond acceptors (Lipinski definition) is 2. The van der Waals surface area contributed by atoms with Crippen molar-refractivity contribution in [3.63, 3.8) is 0 Å². The predicted octanol–water partition coefficient (Wildman–Crippen LogP) is 2.94. The van der Waals surface area contributed by atoms with Gasteiger partial charge in [0.05, 0.1) is 0 Å². The Morgan fingerprint density at radius 2 is 2.00 bits per heavy atom. The van der Waals surface area contributed by atoms with Crippen molar-refractivity contribution in [2.75, 3.05) is 4.43 Å². The Kier molecular flexibility index (Phi) is 6.98. The molecular weight excluding hydrogens is 291 g/mol. The average Bonchev–Trinajstić information content (AvgIpc) is 2.00. The monoisotopic (exact) mass is 308 g/mol. The Bertz CT molecular complexity index is 230. The third-order valence-electron chi connectivity index (χ3n) is 1.27. The van der Waals surface area contributed by atoms with Crippen molar-refractivity contribution in [2.24, 2.45) is 0 Å². The summed E-state index contributed by atoms with van der Waals surface area (Å²) in [6.07, 6.45) is 2.99. The first-order valence-electron chi connectivity index (χ1n) is 4.73. The van der Waals surface area contributed by atoms with Crippen LogP contribution in [0, 0.1) is 11.8 Å². The first-order valence-corrected chi connectivity index (χ1v) is 6.26. The third kappa shape index (κ3) is 9.85. The minimum atomic E-state index is -0.437. The molecular formula is C11H17IO2. The maximum absolute atomic E-state index is 11.1. The smallest absolute Gasteiger partial charge is 0.384 e. The molecule has 0 fully saturated rings. The van der Waals surface area contributed by atoms with Crippen LogP contribution >= 0.6 is 22.6 Å². The van der Waals surface area contributed by atoms with Crippen molar-refractivity contribution in [1.82, 2.24) is 0 Å². The molecule has 0 radical (unpaired) electrons. The van der Waals surface area contributed by atoms with Gasteiger partial charge in [-0.25, -0.2) is 4.79 Å². The molecule has 0 aromatic rings. The van der Waals surface area contributed by atoms with Gasteiger partial charge in [-0.05, 0) is 38.0 Å². The Labute approximate surface area is 99.9 Å². The first kappa shape index (κ1) is 13.8. The fourth-order valence-electron chi connectivity index (χ4n) is 0.746. The van der Waals surface area contributed by atoms with E-state index in [9.17, 15) is 4.79 Å². The number of esters is 1. The highest BCUT2D eigenvalue weighted by molar-refractivity contribution is 14.1. The summed E-state index contributed by atoms with van der Waals surface area (Å²) in [5.41, 5.74) is -0.437. The van der Waals surface area contributed by atoms with Crippen LogP contribution in [0.15, 0.2) is 0 Å². The van der Waals surface area contributed by atoms with Crippen LogP contribution in [0.2, 0.25) is 0 Å². The number of carbonyl (C=O) groups excluding carboxylic acids is 1. The number of ether oxygens (including phenoxy) is 1. The average molecular weight is 308 g/mol. The SMILES string of the molecule is CC(C)(C)OC(=O)C#CCCCCI. The molecule has 0 saturated heterocycles. The van der Waals surface area contributed by atoms with E-state index < -0.39 is 11.6 Å². The van der Waals surface area contributed by atoms with Crippen molar-refractivity contribution in [3.8, 4) is 11.8 Å². The molecule has 0 N–H and O–H groups in total. The lowest BCUT2D eigenvalue weighted by Gasteiger charge is -2.16. The zero-order valence-corrected chi connectivity index (χ0v) is 11.2. The summed E-state index contributed by atoms with van der Waals surface area (Å²) >= 11 is 2.33. The van der Waals surface area contributed by atoms with Gasteiger partial charge in [0, 0.05) is 12.3 Å². The second-order valence-electron chi connectivity index (χ2n) is 3.95. The molecule has 0 aliphatic heterocycles. The third-order valence-corrected chi connectivity index (χ3v) is 2.04. The zero-order chi connectivity index (χ0) is 11.0. The molecule has 0 unspecified atom stereocenters. The highest BCUT2D eigenvalue weighted by Crippen LogP contribution is 2.06. The van der Waals surface area contributed by atoms with E-state index in [0.717, 1.165) is 23.7 Å². The standard InChI is InChI=1S/C11H17IO2/c1-11(2,3)14-10(13)8-6-4-5-7-9-12/h4-5,7,9H2,1-3H3. The number of halogens is 1. The molecule has 0 aliphatic rings. The van der Waals surface area contributed by atoms with E-state index in [1.54, 1.807) is 0 Å². The minimum absolute atomic E-state index is 0.424. The van der Waals surface area contributed by atoms with Crippen LogP contribution in [0.5, 0.6) is 0 Å². The van der Waals surface area contributed by atoms with Gasteiger partial charge >= 0.3 is 5.97 Å². The van der Waals surface area contributed by atoms with Crippen molar-refractivity contribution in [1.29, 1.82) is 0 Å². The molecule has 80 valence electrons. The van der Waals surface area contributed by atoms with Crippen molar-refractivity contribution >= 4 is 28.6 Å². The van der Waals surface area contributed by atoms with Crippen molar-refractivity contribution in [2.45, 2.75) is 45.6 Å². The van der Waals surface area contributed by atoms with Gasteiger partial charge in [0.2, 0.25) is 0 Å². The summed E-state index contributed by atoms with van der Waals surface area (Å²) in [5.74, 6) is 4.88. The van der Waals surface area contributed by atoms with Gasteiger partial charge in [-0.3, -0.25) is 0 Å². The van der Waals surface area contributed by atoms with Crippen LogP contribution in [-0.2, 0) is 9.53 Å². The van der Waals surface area contributed by atoms with E-state index >= 15 is 0 Å². The van der Waals surface area contributed by atoms with Crippen molar-refractivity contribution in [3.05, 3.63) is 0 Å². The minimum Gasteiger partial charge on any atom is -0.450 e. The summed E-state index contributed by atoms with van der Waals surface area (Å²) in [5, 5.41) is 0. The molecule has 0 aromatic carbocycles. The largest absolute Gasteiger partial charge is 0.450 e. The Morgan fingerprint density at radius 3 is 2.50 bits per heavy atom. The van der Waals surface area contributed by atoms with E-state index in [-0.39, 0.29) is 0 Å². The lowest BCUT2D eigenvalue weighted by atomic mass is 10.2. The molecule has 0 saturated carbocycles. The maximum atomic E-state index is 11.1. The number of unbranched alkanes of at least 4 members (excludes halogenated alkanes) is 2. The highest BCUT2D eigenvalue weighted by atomic mass is 127. The highest BCUT2D eigenvalue weighted by Gasteiger charge is 2.13. The topological polar surface area (TPSA) is 26.3 Å². The van der Waals surface area contributed by atoms with Gasteiger partial charge in [-0.2, -0.15) is 0 Å². The lowest BCUT2D eigenvalue weighted by Crippen LogP contribution is -2.22. The molecule has 0 spiro atoms. The van der Waals surface area contributed by atoms with Crippen LogP contribution in [0.1, 0.15) is 40.0 Å². The van der Waals surface area contributed by atoms with Crippen LogP contribution in [0.4, 0.5) is 0 Å². The molecule has 0 atom stereocenters. The Balaban J connectivity index is 3.71. The molecule has 0 aliphatic carbocycles. The number of alkyl halides is 1. The van der Waals surface area contributed by atoms with E-state index in [4.69, 9.17) is 4.74 Å². The fraction of sp³-hybridized carbons (Fsp3) is 0.727. The normalized spacial score (nSPS) is 10.3. The van der Waals surface area contributed by atoms with Gasteiger partial charge < -0.3 is 4.74 Å². The van der Waals surface area contributed by atoms with Crippen LogP contribution in [-0.4, -0.2) is 16.0 Å². The van der Waals surface area contributed by atoms with Crippen molar-refractivity contribution < 1.29 is 9.53 Å². The summed E-state index contributed by atoms with van der Waals surface area (Å²) < 4.78 is 6.17. The number of rotatable bonds is 3. The Hall–Kier alpha value is -0.240. The quantitative estimate of drug-likeness (QED) is 0.200. The molecule has 0 bridgehead atoms. The predicted molar refractivity (Wildman–Crippen MR) is 66.4 cm³/mol. The van der Waals surface area contributed by atoms with Crippen LogP contribution in [0.3, 0.4) is 0 Å². The summed E-state index contributed by atoms with van der Waals surface area (Å²) in [7, 11) is 0. The Morgan fingerprint density at radius 1 is 1.36 bits per heavy atom. The molecule has 2 nitrogen and oxygen atoms in total. The molecule has 3 heteroatoms. The molecule has 0 aromatic heterocycles. The van der Waals surface area contributed by atoms with E-state index in [0.29, 0.717) is 0 Å². The maximum Gasteiger partial charge on any atom is 0.384 e. The van der Waals surface area contributed by atoms with Gasteiger partial charge in [0.1, 0.15) is 5.60 Å². The fourth-order valence-corrected chi connectivity index (χ4v) is 1.29. The molecule has 0 amide bonds. The first-order chi connectivity index (χ1) is 6.45. The van der Waals surface area contributed by atoms with E-state index in [1.165, 1.54) is 0 Å². The van der Waals surface area contributed by atoms with Crippen LogP contribution < -0.4 is 0 Å². The second kappa shape index (κ2) is 7.10. The van der Waals surface area contributed by atoms with Crippen LogP contribution in [0.25, 0.3) is 0 Å². The number of hydrogen-bond donors (Lipinski definition) is 0. The van der Waals surface area contributed by atoms with E-state index in [2.05, 4.69) is 34.4 Å². The van der Waals surface area contributed by atoms with Gasteiger partial charge in [-0.1, -0.05) is 28.5 Å². The van der Waals surface area contributed by atoms with Gasteiger partial charge in [0.15, 0.2) is 0 Å². The van der Waals surface area contributed by atoms with Gasteiger partial charge in [0.25, 0.3) is 0 Å². The lowest BCUT2D eigenvalue weighted by molar-refractivity contribution is -0.147. The summed E-state index contributed by atoms with van der Waals surface area (Å²) in [4.78, 5) is 11.1. The van der Waals surface area contributed by atoms with Gasteiger partial charge in [-0.15, -0.1) is 0 Å². The number of carbonyl (C=O) groups is 1. The second-order valence-corrected chi connectivity index (χ2v) is 5.03. The summed E-state index contributed by atoms with van der Waals surface area (Å²) in [6, 6.07) is 0. The zero-order valence-electron chi connectivity index (χ0n) is 9.02. The van der Waals surface area contributed by atoms with E-state index in [1.807, 2.05) is 20.8 Å². The summed E-state index contributed by atoms with van der Waals surface area (Å²) in [6.45, 7) is 5.51. The molecule has 0 heterocycles.